The van der Waals surface area contributed by atoms with Crippen molar-refractivity contribution in [1.82, 2.24) is 16.0 Å². The molecule has 154 valence electrons. The molecule has 0 fully saturated rings. The number of hydrogen-bond donors (Lipinski definition) is 8. The van der Waals surface area contributed by atoms with Crippen LogP contribution in [-0.2, 0) is 23.7 Å². The normalized spacial score (nSPS) is 8.40. The summed E-state index contributed by atoms with van der Waals surface area (Å²) in [7, 11) is 0. The van der Waals surface area contributed by atoms with Gasteiger partial charge in [0.05, 0.1) is 13.2 Å². The standard InChI is InChI=1S/2C4H12N2O.C4H11N2.C3H7.O.Ti/c2*5-1-2-6-3-4-7;1-2-6-4-3-5;1-3-2;;/h2*6-7H,1-5H2;6H,1-5H2;3H,1-2H3;;/q;;2*-1;;+2. The van der Waals surface area contributed by atoms with Crippen molar-refractivity contribution in [1.29, 1.82) is 0 Å². The number of rotatable bonds is 11. The van der Waals surface area contributed by atoms with Crippen LogP contribution in [0.15, 0.2) is 0 Å². The van der Waals surface area contributed by atoms with Crippen molar-refractivity contribution in [3.05, 3.63) is 13.3 Å². The molecule has 10 heteroatoms. The molecular weight excluding hydrogens is 360 g/mol. The average Bonchev–Trinajstić information content (AvgIpc) is 2.64. The molecule has 0 saturated carbocycles. The van der Waals surface area contributed by atoms with Gasteiger partial charge in [0.25, 0.3) is 0 Å². The van der Waals surface area contributed by atoms with E-state index in [1.54, 1.807) is 0 Å². The average molecular weight is 402 g/mol. The van der Waals surface area contributed by atoms with Crippen molar-refractivity contribution < 1.29 is 33.9 Å². The molecule has 0 aromatic rings. The first-order valence-corrected chi connectivity index (χ1v) is 8.97. The van der Waals surface area contributed by atoms with Crippen molar-refractivity contribution in [2.24, 2.45) is 17.2 Å². The Kier molecular flexibility index (Phi) is 81.6. The van der Waals surface area contributed by atoms with Gasteiger partial charge in [0.15, 0.2) is 0 Å². The molecule has 0 spiro atoms. The Labute approximate surface area is 166 Å². The van der Waals surface area contributed by atoms with Crippen LogP contribution in [0.4, 0.5) is 0 Å². The summed E-state index contributed by atoms with van der Waals surface area (Å²) in [6.45, 7) is 14.5. The van der Waals surface area contributed by atoms with Gasteiger partial charge in [0, 0.05) is 52.4 Å². The Bertz CT molecular complexity index is 143. The van der Waals surface area contributed by atoms with E-state index < -0.39 is 0 Å². The Morgan fingerprint density at radius 1 is 0.800 bits per heavy atom. The Morgan fingerprint density at radius 2 is 1.08 bits per heavy atom. The monoisotopic (exact) mass is 402 g/mol. The molecule has 0 amide bonds. The van der Waals surface area contributed by atoms with E-state index in [1.165, 1.54) is 0 Å². The first-order valence-electron chi connectivity index (χ1n) is 8.34. The van der Waals surface area contributed by atoms with Crippen LogP contribution in [-0.4, -0.2) is 82.3 Å². The molecule has 0 radical (unpaired) electrons. The zero-order valence-electron chi connectivity index (χ0n) is 16.1. The van der Waals surface area contributed by atoms with Crippen LogP contribution in [0.1, 0.15) is 13.8 Å². The predicted octanol–water partition coefficient (Wildman–Crippen LogP) is -2.47. The van der Waals surface area contributed by atoms with Gasteiger partial charge in [-0.1, -0.05) is 0 Å². The Hall–Kier alpha value is 0.194. The van der Waals surface area contributed by atoms with Gasteiger partial charge in [-0.2, -0.15) is 13.8 Å². The molecule has 0 unspecified atom stereocenters. The predicted molar refractivity (Wildman–Crippen MR) is 102 cm³/mol. The summed E-state index contributed by atoms with van der Waals surface area (Å²) in [5.74, 6) is 0. The molecule has 0 aliphatic carbocycles. The molecule has 0 bridgehead atoms. The third-order valence-corrected chi connectivity index (χ3v) is 1.72. The Morgan fingerprint density at radius 3 is 1.24 bits per heavy atom. The van der Waals surface area contributed by atoms with Gasteiger partial charge in [-0.25, -0.2) is 0 Å². The second kappa shape index (κ2) is 56.4. The Balaban J connectivity index is -0.0000000709. The fraction of sp³-hybridized carbons (Fsp3) is 0.867. The first-order chi connectivity index (χ1) is 12.2. The molecule has 11 N–H and O–H groups in total. The van der Waals surface area contributed by atoms with Crippen LogP contribution < -0.4 is 33.2 Å². The van der Waals surface area contributed by atoms with Gasteiger partial charge in [0.1, 0.15) is 0 Å². The SMILES string of the molecule is C[CH-]C.NCCNCCO.NCCNCCO.[CH2-]CNCCN.[O]=[Ti+2]. The fourth-order valence-corrected chi connectivity index (χ4v) is 0.839. The number of aliphatic hydroxyl groups excluding tert-OH is 2. The summed E-state index contributed by atoms with van der Waals surface area (Å²) in [4.78, 5) is 0. The molecule has 9 nitrogen and oxygen atoms in total. The van der Waals surface area contributed by atoms with E-state index in [4.69, 9.17) is 30.7 Å². The summed E-state index contributed by atoms with van der Waals surface area (Å²) in [5.41, 5.74) is 15.4. The van der Waals surface area contributed by atoms with Gasteiger partial charge in [-0.15, -0.1) is 6.54 Å². The van der Waals surface area contributed by atoms with Gasteiger partial charge >= 0.3 is 23.7 Å². The summed E-state index contributed by atoms with van der Waals surface area (Å²) in [6.07, 6.45) is 2.00. The summed E-state index contributed by atoms with van der Waals surface area (Å²) >= 11 is 0.750. The van der Waals surface area contributed by atoms with Gasteiger partial charge in [0.2, 0.25) is 0 Å². The van der Waals surface area contributed by atoms with E-state index in [0.717, 1.165) is 46.6 Å². The van der Waals surface area contributed by atoms with E-state index in [1.807, 2.05) is 20.3 Å². The first kappa shape index (κ1) is 36.2. The molecule has 0 aromatic carbocycles. The van der Waals surface area contributed by atoms with Crippen LogP contribution in [0.3, 0.4) is 0 Å². The van der Waals surface area contributed by atoms with E-state index in [0.29, 0.717) is 32.7 Å². The number of nitrogens with two attached hydrogens (primary N) is 3. The molecule has 0 atom stereocenters. The molecule has 0 aliphatic rings. The van der Waals surface area contributed by atoms with E-state index in [9.17, 15) is 0 Å². The molecule has 0 heterocycles. The topological polar surface area (TPSA) is 172 Å². The summed E-state index contributed by atoms with van der Waals surface area (Å²) in [6, 6.07) is 0. The zero-order chi connectivity index (χ0) is 20.6. The van der Waals surface area contributed by atoms with E-state index in [2.05, 4.69) is 22.9 Å². The molecule has 0 aliphatic heterocycles. The molecule has 0 aromatic heterocycles. The second-order valence-corrected chi connectivity index (χ2v) is 4.14. The molecule has 25 heavy (non-hydrogen) atoms. The quantitative estimate of drug-likeness (QED) is 0.106. The van der Waals surface area contributed by atoms with Crippen molar-refractivity contribution in [3.63, 3.8) is 0 Å². The van der Waals surface area contributed by atoms with E-state index in [-0.39, 0.29) is 13.2 Å². The van der Waals surface area contributed by atoms with Crippen LogP contribution >= 0.6 is 0 Å². The number of hydrogen-bond acceptors (Lipinski definition) is 9. The van der Waals surface area contributed by atoms with Crippen molar-refractivity contribution in [2.45, 2.75) is 13.8 Å². The minimum absolute atomic E-state index is 0.194. The third-order valence-electron chi connectivity index (χ3n) is 1.72. The van der Waals surface area contributed by atoms with Crippen LogP contribution in [0.2, 0.25) is 0 Å². The fourth-order valence-electron chi connectivity index (χ4n) is 0.839. The molecule has 0 saturated heterocycles. The van der Waals surface area contributed by atoms with Gasteiger partial charge in [-0.05, 0) is 0 Å². The number of nitrogens with one attached hydrogen (secondary N) is 3. The van der Waals surface area contributed by atoms with Gasteiger partial charge in [-0.3, -0.25) is 0 Å². The van der Waals surface area contributed by atoms with Crippen molar-refractivity contribution in [2.75, 3.05) is 72.1 Å². The van der Waals surface area contributed by atoms with E-state index >= 15 is 0 Å². The van der Waals surface area contributed by atoms with Crippen LogP contribution in [0, 0.1) is 13.3 Å². The minimum atomic E-state index is 0.194. The van der Waals surface area contributed by atoms with Gasteiger partial charge < -0.3 is 56.7 Å². The third kappa shape index (κ3) is 95.1. The maximum absolute atomic E-state index is 8.25. The van der Waals surface area contributed by atoms with Crippen molar-refractivity contribution >= 4 is 0 Å². The molecule has 0 rings (SSSR count). The van der Waals surface area contributed by atoms with Crippen molar-refractivity contribution in [3.8, 4) is 0 Å². The van der Waals surface area contributed by atoms with Crippen LogP contribution in [0.5, 0.6) is 0 Å². The zero-order valence-corrected chi connectivity index (χ0v) is 17.7. The summed E-state index contributed by atoms with van der Waals surface area (Å²) < 4.78 is 8.25. The molecular formula is C15H42N6O3Ti. The number of aliphatic hydroxyl groups is 2. The second-order valence-electron chi connectivity index (χ2n) is 4.14. The summed E-state index contributed by atoms with van der Waals surface area (Å²) in [5, 5.41) is 25.2. The maximum atomic E-state index is 8.25. The van der Waals surface area contributed by atoms with Crippen LogP contribution in [0.25, 0.3) is 0 Å².